The van der Waals surface area contributed by atoms with Crippen LogP contribution >= 0.6 is 0 Å². The van der Waals surface area contributed by atoms with Gasteiger partial charge in [0.05, 0.1) is 10.5 Å². The Labute approximate surface area is 124 Å². The third-order valence-electron chi connectivity index (χ3n) is 2.71. The first-order valence-electron chi connectivity index (χ1n) is 6.55. The van der Waals surface area contributed by atoms with Crippen LogP contribution in [0.4, 0.5) is 0 Å². The molecule has 1 atom stereocenters. The molecule has 0 aliphatic carbocycles. The quantitative estimate of drug-likeness (QED) is 0.796. The smallest absolute Gasteiger partial charge is 0.340 e. The number of benzene rings is 1. The van der Waals surface area contributed by atoms with E-state index in [4.69, 9.17) is 4.74 Å². The highest BCUT2D eigenvalue weighted by atomic mass is 32.2. The molecule has 0 aliphatic rings. The molecule has 1 N–H and O–H groups in total. The van der Waals surface area contributed by atoms with Crippen molar-refractivity contribution in [1.29, 1.82) is 0 Å². The predicted molar refractivity (Wildman–Crippen MR) is 77.7 cm³/mol. The highest BCUT2D eigenvalue weighted by molar-refractivity contribution is 7.90. The maximum atomic E-state index is 12.0. The summed E-state index contributed by atoms with van der Waals surface area (Å²) in [6.45, 7) is 3.83. The molecule has 1 rings (SSSR count). The van der Waals surface area contributed by atoms with E-state index < -0.39 is 27.8 Å². The van der Waals surface area contributed by atoms with Gasteiger partial charge in [-0.2, -0.15) is 0 Å². The Kier molecular flexibility index (Phi) is 5.90. The minimum absolute atomic E-state index is 0.0739. The molecule has 0 saturated heterocycles. The number of esters is 1. The first-order chi connectivity index (χ1) is 9.77. The third-order valence-corrected chi connectivity index (χ3v) is 3.86. The summed E-state index contributed by atoms with van der Waals surface area (Å²) in [5.74, 6) is -1.25. The van der Waals surface area contributed by atoms with Crippen LogP contribution in [0.3, 0.4) is 0 Å². The fraction of sp³-hybridized carbons (Fsp3) is 0.429. The van der Waals surface area contributed by atoms with Crippen LogP contribution in [0.5, 0.6) is 0 Å². The zero-order valence-corrected chi connectivity index (χ0v) is 13.1. The van der Waals surface area contributed by atoms with Crippen LogP contribution < -0.4 is 5.32 Å². The molecular formula is C14H19NO5S. The molecule has 0 heterocycles. The Morgan fingerprint density at radius 2 is 1.90 bits per heavy atom. The average Bonchev–Trinajstić information content (AvgIpc) is 2.43. The fourth-order valence-electron chi connectivity index (χ4n) is 1.63. The van der Waals surface area contributed by atoms with Crippen LogP contribution in [0.2, 0.25) is 0 Å². The second kappa shape index (κ2) is 7.21. The number of rotatable bonds is 6. The number of carbonyl (C=O) groups is 2. The molecule has 116 valence electrons. The van der Waals surface area contributed by atoms with Gasteiger partial charge in [0.15, 0.2) is 15.9 Å². The monoisotopic (exact) mass is 313 g/mol. The number of sulfone groups is 1. The Balaban J connectivity index is 2.88. The minimum Gasteiger partial charge on any atom is -0.449 e. The van der Waals surface area contributed by atoms with Crippen molar-refractivity contribution < 1.29 is 22.7 Å². The summed E-state index contributed by atoms with van der Waals surface area (Å²) in [5.41, 5.74) is -0.0739. The zero-order chi connectivity index (χ0) is 16.0. The Hall–Kier alpha value is -1.89. The lowest BCUT2D eigenvalue weighted by atomic mass is 10.2. The number of carbonyl (C=O) groups excluding carboxylic acids is 2. The van der Waals surface area contributed by atoms with Gasteiger partial charge in [-0.05, 0) is 25.5 Å². The van der Waals surface area contributed by atoms with E-state index >= 15 is 0 Å². The second-order valence-electron chi connectivity index (χ2n) is 4.61. The largest absolute Gasteiger partial charge is 0.449 e. The topological polar surface area (TPSA) is 89.5 Å². The molecule has 6 nitrogen and oxygen atoms in total. The Morgan fingerprint density at radius 1 is 1.29 bits per heavy atom. The molecule has 1 amide bonds. The SMILES string of the molecule is CCCNC(=O)[C@H](C)OC(=O)c1ccccc1S(C)(=O)=O. The summed E-state index contributed by atoms with van der Waals surface area (Å²) in [6.07, 6.45) is 0.788. The van der Waals surface area contributed by atoms with Gasteiger partial charge in [-0.3, -0.25) is 4.79 Å². The summed E-state index contributed by atoms with van der Waals surface area (Å²) in [5, 5.41) is 2.60. The summed E-state index contributed by atoms with van der Waals surface area (Å²) < 4.78 is 28.3. The number of nitrogens with one attached hydrogen (secondary N) is 1. The Bertz CT molecular complexity index is 624. The van der Waals surface area contributed by atoms with Crippen LogP contribution in [-0.2, 0) is 19.4 Å². The molecule has 1 aromatic rings. The van der Waals surface area contributed by atoms with Crippen molar-refractivity contribution in [2.45, 2.75) is 31.3 Å². The van der Waals surface area contributed by atoms with Gasteiger partial charge in [-0.15, -0.1) is 0 Å². The first kappa shape index (κ1) is 17.2. The van der Waals surface area contributed by atoms with Crippen molar-refractivity contribution in [3.8, 4) is 0 Å². The lowest BCUT2D eigenvalue weighted by Gasteiger charge is -2.14. The maximum absolute atomic E-state index is 12.0. The van der Waals surface area contributed by atoms with Crippen molar-refractivity contribution >= 4 is 21.7 Å². The van der Waals surface area contributed by atoms with Crippen molar-refractivity contribution in [2.75, 3.05) is 12.8 Å². The standard InChI is InChI=1S/C14H19NO5S/c1-4-9-15-13(16)10(2)20-14(17)11-7-5-6-8-12(11)21(3,18)19/h5-8,10H,4,9H2,1-3H3,(H,15,16)/t10-/m0/s1. The molecule has 0 bridgehead atoms. The lowest BCUT2D eigenvalue weighted by Crippen LogP contribution is -2.36. The molecule has 0 aromatic heterocycles. The molecule has 0 aliphatic heterocycles. The van der Waals surface area contributed by atoms with Crippen molar-refractivity contribution in [2.24, 2.45) is 0 Å². The molecule has 21 heavy (non-hydrogen) atoms. The molecule has 0 unspecified atom stereocenters. The van der Waals surface area contributed by atoms with E-state index in [1.165, 1.54) is 31.2 Å². The van der Waals surface area contributed by atoms with Crippen molar-refractivity contribution in [3.63, 3.8) is 0 Å². The fourth-order valence-corrected chi connectivity index (χ4v) is 2.50. The normalized spacial score (nSPS) is 12.5. The van der Waals surface area contributed by atoms with Crippen molar-refractivity contribution in [1.82, 2.24) is 5.32 Å². The molecule has 0 radical (unpaired) electrons. The first-order valence-corrected chi connectivity index (χ1v) is 8.44. The summed E-state index contributed by atoms with van der Waals surface area (Å²) in [7, 11) is -3.55. The average molecular weight is 313 g/mol. The van der Waals surface area contributed by atoms with Gasteiger partial charge in [0.2, 0.25) is 0 Å². The maximum Gasteiger partial charge on any atom is 0.340 e. The van der Waals surface area contributed by atoms with Crippen LogP contribution in [0.1, 0.15) is 30.6 Å². The van der Waals surface area contributed by atoms with Gasteiger partial charge in [0.1, 0.15) is 0 Å². The van der Waals surface area contributed by atoms with E-state index in [0.717, 1.165) is 12.7 Å². The van der Waals surface area contributed by atoms with Crippen molar-refractivity contribution in [3.05, 3.63) is 29.8 Å². The minimum atomic E-state index is -3.55. The van der Waals surface area contributed by atoms with Gasteiger partial charge in [0, 0.05) is 12.8 Å². The van der Waals surface area contributed by atoms with Crippen LogP contribution in [-0.4, -0.2) is 39.2 Å². The van der Waals surface area contributed by atoms with E-state index in [1.54, 1.807) is 0 Å². The van der Waals surface area contributed by atoms with E-state index in [1.807, 2.05) is 6.92 Å². The summed E-state index contributed by atoms with van der Waals surface area (Å²) >= 11 is 0. The number of amides is 1. The number of hydrogen-bond acceptors (Lipinski definition) is 5. The van der Waals surface area contributed by atoms with Gasteiger partial charge in [-0.1, -0.05) is 19.1 Å². The number of ether oxygens (including phenoxy) is 1. The molecule has 0 spiro atoms. The van der Waals surface area contributed by atoms with E-state index in [9.17, 15) is 18.0 Å². The van der Waals surface area contributed by atoms with Gasteiger partial charge in [-0.25, -0.2) is 13.2 Å². The van der Waals surface area contributed by atoms with Gasteiger partial charge in [0.25, 0.3) is 5.91 Å². The van der Waals surface area contributed by atoms with E-state index in [2.05, 4.69) is 5.32 Å². The van der Waals surface area contributed by atoms with Gasteiger partial charge < -0.3 is 10.1 Å². The molecule has 0 fully saturated rings. The second-order valence-corrected chi connectivity index (χ2v) is 6.59. The highest BCUT2D eigenvalue weighted by Gasteiger charge is 2.23. The highest BCUT2D eigenvalue weighted by Crippen LogP contribution is 2.17. The molecule has 0 saturated carbocycles. The number of hydrogen-bond donors (Lipinski definition) is 1. The van der Waals surface area contributed by atoms with Gasteiger partial charge >= 0.3 is 5.97 Å². The van der Waals surface area contributed by atoms with Crippen LogP contribution in [0.25, 0.3) is 0 Å². The summed E-state index contributed by atoms with van der Waals surface area (Å²) in [4.78, 5) is 23.6. The molecule has 1 aromatic carbocycles. The van der Waals surface area contributed by atoms with Crippen LogP contribution in [0.15, 0.2) is 29.2 Å². The third kappa shape index (κ3) is 4.86. The van der Waals surface area contributed by atoms with E-state index in [-0.39, 0.29) is 10.5 Å². The molecular weight excluding hydrogens is 294 g/mol. The van der Waals surface area contributed by atoms with E-state index in [0.29, 0.717) is 6.54 Å². The molecule has 7 heteroatoms. The zero-order valence-electron chi connectivity index (χ0n) is 12.3. The predicted octanol–water partition coefficient (Wildman–Crippen LogP) is 1.16. The van der Waals surface area contributed by atoms with Crippen LogP contribution in [0, 0.1) is 0 Å². The Morgan fingerprint density at radius 3 is 2.48 bits per heavy atom. The summed E-state index contributed by atoms with van der Waals surface area (Å²) in [6, 6.07) is 5.74. The lowest BCUT2D eigenvalue weighted by molar-refractivity contribution is -0.129.